The van der Waals surface area contributed by atoms with E-state index in [9.17, 15) is 20.0 Å². The number of carbonyl (C=O) groups excluding carboxylic acids is 1. The number of nitro groups is 1. The van der Waals surface area contributed by atoms with Crippen molar-refractivity contribution >= 4 is 29.1 Å². The number of nitro benzene ring substituents is 1. The van der Waals surface area contributed by atoms with E-state index >= 15 is 0 Å². The number of fused-ring (bicyclic) bond motifs is 1. The molecule has 110 valence electrons. The number of carbonyl (C=O) groups is 1. The van der Waals surface area contributed by atoms with Crippen LogP contribution in [0, 0.1) is 10.1 Å². The molecule has 0 unspecified atom stereocenters. The van der Waals surface area contributed by atoms with Gasteiger partial charge in [-0.15, -0.1) is 0 Å². The minimum atomic E-state index is -0.562. The first-order chi connectivity index (χ1) is 10.5. The van der Waals surface area contributed by atoms with Crippen LogP contribution in [0.3, 0.4) is 0 Å². The van der Waals surface area contributed by atoms with Crippen molar-refractivity contribution in [3.63, 3.8) is 0 Å². The highest BCUT2D eigenvalue weighted by Gasteiger charge is 2.25. The molecule has 6 heteroatoms. The molecule has 0 aromatic heterocycles. The molecule has 0 atom stereocenters. The molecule has 0 radical (unpaired) electrons. The molecule has 3 rings (SSSR count). The number of Topliss-reactive ketones (excluding diaryl/α,β-unsaturated/α-hetero) is 1. The highest BCUT2D eigenvalue weighted by Crippen LogP contribution is 2.31. The van der Waals surface area contributed by atoms with Crippen LogP contribution in [-0.2, 0) is 6.42 Å². The second-order valence-electron chi connectivity index (χ2n) is 4.98. The number of benzene rings is 2. The molecule has 0 amide bonds. The van der Waals surface area contributed by atoms with E-state index in [0.29, 0.717) is 23.1 Å². The topological polar surface area (TPSA) is 80.4 Å². The lowest BCUT2D eigenvalue weighted by Gasteiger charge is -1.99. The largest absolute Gasteiger partial charge is 0.508 e. The summed E-state index contributed by atoms with van der Waals surface area (Å²) >= 11 is 5.77. The highest BCUT2D eigenvalue weighted by atomic mass is 35.5. The van der Waals surface area contributed by atoms with Gasteiger partial charge in [0.2, 0.25) is 0 Å². The number of rotatable bonds is 2. The number of hydrogen-bond donors (Lipinski definition) is 1. The Balaban J connectivity index is 2.00. The second-order valence-corrected chi connectivity index (χ2v) is 5.39. The number of ketones is 1. The van der Waals surface area contributed by atoms with Crippen LogP contribution in [0.1, 0.15) is 21.5 Å². The van der Waals surface area contributed by atoms with Crippen molar-refractivity contribution in [1.82, 2.24) is 0 Å². The molecule has 2 aromatic rings. The molecule has 0 saturated carbocycles. The number of nitrogens with zero attached hydrogens (tertiary/aromatic N) is 1. The molecule has 0 heterocycles. The quantitative estimate of drug-likeness (QED) is 0.519. The Hall–Kier alpha value is -2.66. The summed E-state index contributed by atoms with van der Waals surface area (Å²) in [7, 11) is 0. The Kier molecular flexibility index (Phi) is 3.42. The van der Waals surface area contributed by atoms with Crippen LogP contribution < -0.4 is 0 Å². The summed E-state index contributed by atoms with van der Waals surface area (Å²) in [5.41, 5.74) is 2.16. The molecule has 0 spiro atoms. The van der Waals surface area contributed by atoms with Crippen molar-refractivity contribution < 1.29 is 14.8 Å². The Labute approximate surface area is 130 Å². The van der Waals surface area contributed by atoms with Gasteiger partial charge < -0.3 is 5.11 Å². The van der Waals surface area contributed by atoms with E-state index < -0.39 is 4.92 Å². The molecule has 0 bridgehead atoms. The Bertz CT molecular complexity index is 842. The van der Waals surface area contributed by atoms with Crippen LogP contribution in [0.5, 0.6) is 5.75 Å². The summed E-state index contributed by atoms with van der Waals surface area (Å²) in [5, 5.41) is 20.4. The van der Waals surface area contributed by atoms with Crippen LogP contribution in [0.25, 0.3) is 6.08 Å². The zero-order valence-corrected chi connectivity index (χ0v) is 12.0. The number of aromatic hydroxyl groups is 1. The first-order valence-corrected chi connectivity index (χ1v) is 6.84. The van der Waals surface area contributed by atoms with Gasteiger partial charge in [0, 0.05) is 23.6 Å². The lowest BCUT2D eigenvalue weighted by molar-refractivity contribution is -0.384. The van der Waals surface area contributed by atoms with E-state index in [2.05, 4.69) is 0 Å². The molecule has 1 aliphatic rings. The van der Waals surface area contributed by atoms with Crippen LogP contribution >= 0.6 is 11.6 Å². The Morgan fingerprint density at radius 3 is 2.73 bits per heavy atom. The van der Waals surface area contributed by atoms with Crippen molar-refractivity contribution in [2.24, 2.45) is 0 Å². The van der Waals surface area contributed by atoms with Crippen molar-refractivity contribution in [3.8, 4) is 5.75 Å². The van der Waals surface area contributed by atoms with Gasteiger partial charge in [-0.05, 0) is 35.4 Å². The summed E-state index contributed by atoms with van der Waals surface area (Å²) in [5.74, 6) is -0.140. The van der Waals surface area contributed by atoms with Gasteiger partial charge in [-0.25, -0.2) is 0 Å². The number of allylic oxidation sites excluding steroid dienone is 1. The highest BCUT2D eigenvalue weighted by molar-refractivity contribution is 6.32. The third kappa shape index (κ3) is 2.46. The first-order valence-electron chi connectivity index (χ1n) is 6.47. The van der Waals surface area contributed by atoms with Gasteiger partial charge in [-0.3, -0.25) is 14.9 Å². The fraction of sp³-hybridized carbons (Fsp3) is 0.0625. The molecule has 2 aromatic carbocycles. The van der Waals surface area contributed by atoms with Crippen LogP contribution in [0.15, 0.2) is 42.0 Å². The molecular formula is C16H10ClNO4. The summed E-state index contributed by atoms with van der Waals surface area (Å²) in [6.07, 6.45) is 2.05. The van der Waals surface area contributed by atoms with Crippen LogP contribution in [0.2, 0.25) is 5.02 Å². The Morgan fingerprint density at radius 2 is 2.00 bits per heavy atom. The smallest absolute Gasteiger partial charge is 0.288 e. The standard InChI is InChI=1S/C16H10ClNO4/c17-14-4-1-9(6-15(14)18(21)22)5-11-7-10-2-3-12(19)8-13(10)16(11)20/h1-6,8,19H,7H2/b11-5+. The van der Waals surface area contributed by atoms with E-state index in [1.54, 1.807) is 18.2 Å². The monoisotopic (exact) mass is 315 g/mol. The number of hydrogen-bond acceptors (Lipinski definition) is 4. The molecule has 0 saturated heterocycles. The third-order valence-corrected chi connectivity index (χ3v) is 3.84. The first kappa shape index (κ1) is 14.3. The van der Waals surface area contributed by atoms with E-state index in [0.717, 1.165) is 5.56 Å². The van der Waals surface area contributed by atoms with Crippen molar-refractivity contribution in [1.29, 1.82) is 0 Å². The van der Waals surface area contributed by atoms with Crippen LogP contribution in [-0.4, -0.2) is 15.8 Å². The average molecular weight is 316 g/mol. The van der Waals surface area contributed by atoms with Gasteiger partial charge >= 0.3 is 0 Å². The number of phenolic OH excluding ortho intramolecular Hbond substituents is 1. The zero-order chi connectivity index (χ0) is 15.9. The van der Waals surface area contributed by atoms with Gasteiger partial charge in [0.1, 0.15) is 10.8 Å². The molecule has 5 nitrogen and oxygen atoms in total. The molecule has 1 N–H and O–H groups in total. The van der Waals surface area contributed by atoms with Crippen molar-refractivity contribution in [3.05, 3.63) is 73.8 Å². The van der Waals surface area contributed by atoms with Gasteiger partial charge in [0.15, 0.2) is 5.78 Å². The summed E-state index contributed by atoms with van der Waals surface area (Å²) in [4.78, 5) is 22.6. The predicted molar refractivity (Wildman–Crippen MR) is 82.2 cm³/mol. The predicted octanol–water partition coefficient (Wildman–Crippen LogP) is 3.78. The minimum absolute atomic E-state index is 0.0375. The molecule has 22 heavy (non-hydrogen) atoms. The lowest BCUT2D eigenvalue weighted by atomic mass is 10.1. The maximum Gasteiger partial charge on any atom is 0.288 e. The van der Waals surface area contributed by atoms with Crippen LogP contribution in [0.4, 0.5) is 5.69 Å². The summed E-state index contributed by atoms with van der Waals surface area (Å²) in [6, 6.07) is 9.06. The van der Waals surface area contributed by atoms with E-state index in [1.807, 2.05) is 0 Å². The Morgan fingerprint density at radius 1 is 1.23 bits per heavy atom. The fourth-order valence-electron chi connectivity index (χ4n) is 2.47. The van der Waals surface area contributed by atoms with Crippen molar-refractivity contribution in [2.45, 2.75) is 6.42 Å². The molecule has 0 fully saturated rings. The van der Waals surface area contributed by atoms with Gasteiger partial charge in [0.25, 0.3) is 5.69 Å². The molecular weight excluding hydrogens is 306 g/mol. The van der Waals surface area contributed by atoms with E-state index in [4.69, 9.17) is 11.6 Å². The van der Waals surface area contributed by atoms with Gasteiger partial charge in [-0.2, -0.15) is 0 Å². The number of phenols is 1. The molecule has 1 aliphatic carbocycles. The fourth-order valence-corrected chi connectivity index (χ4v) is 2.65. The maximum absolute atomic E-state index is 12.3. The number of halogens is 1. The summed E-state index contributed by atoms with van der Waals surface area (Å²) in [6.45, 7) is 0. The van der Waals surface area contributed by atoms with Gasteiger partial charge in [-0.1, -0.05) is 23.7 Å². The van der Waals surface area contributed by atoms with Crippen molar-refractivity contribution in [2.75, 3.05) is 0 Å². The van der Waals surface area contributed by atoms with E-state index in [-0.39, 0.29) is 22.2 Å². The van der Waals surface area contributed by atoms with E-state index in [1.165, 1.54) is 24.3 Å². The lowest BCUT2D eigenvalue weighted by Crippen LogP contribution is -1.95. The van der Waals surface area contributed by atoms with Gasteiger partial charge in [0.05, 0.1) is 4.92 Å². The maximum atomic E-state index is 12.3. The minimum Gasteiger partial charge on any atom is -0.508 e. The normalized spacial score (nSPS) is 15.1. The third-order valence-electron chi connectivity index (χ3n) is 3.52. The molecule has 0 aliphatic heterocycles. The zero-order valence-electron chi connectivity index (χ0n) is 11.2. The average Bonchev–Trinajstić information content (AvgIpc) is 2.77. The second kappa shape index (κ2) is 5.27. The SMILES string of the molecule is O=C1/C(=C/c2ccc(Cl)c([N+](=O)[O-])c2)Cc2ccc(O)cc21. The summed E-state index contributed by atoms with van der Waals surface area (Å²) < 4.78 is 0.